The van der Waals surface area contributed by atoms with E-state index in [1.807, 2.05) is 13.8 Å². The van der Waals surface area contributed by atoms with Crippen LogP contribution in [0.25, 0.3) is 0 Å². The van der Waals surface area contributed by atoms with Gasteiger partial charge in [-0.2, -0.15) is 0 Å². The Morgan fingerprint density at radius 3 is 2.38 bits per heavy atom. The van der Waals surface area contributed by atoms with Gasteiger partial charge in [0.2, 0.25) is 15.9 Å². The van der Waals surface area contributed by atoms with Crippen molar-refractivity contribution in [3.63, 3.8) is 0 Å². The standard InChI is InChI=1S/C15H21F3N2O3S/c1-10(2)6-8-19-13(21)7-9-20(24(3,22)23)12-5-4-11(16)14(17)15(12)18/h4-5,10H,6-9H2,1-3H3,(H,19,21). The molecule has 0 aromatic heterocycles. The predicted octanol–water partition coefficient (Wildman–Crippen LogP) is 2.42. The normalized spacial score (nSPS) is 11.6. The zero-order valence-corrected chi connectivity index (χ0v) is 14.6. The smallest absolute Gasteiger partial charge is 0.232 e. The molecule has 0 spiro atoms. The first-order valence-corrected chi connectivity index (χ1v) is 9.26. The second-order valence-corrected chi connectivity index (χ2v) is 7.72. The Morgan fingerprint density at radius 1 is 1.21 bits per heavy atom. The second-order valence-electron chi connectivity index (χ2n) is 5.81. The van der Waals surface area contributed by atoms with E-state index in [1.54, 1.807) is 0 Å². The third-order valence-electron chi connectivity index (χ3n) is 3.27. The van der Waals surface area contributed by atoms with Gasteiger partial charge in [-0.1, -0.05) is 13.8 Å². The molecule has 0 aliphatic carbocycles. The van der Waals surface area contributed by atoms with Gasteiger partial charge in [-0.05, 0) is 24.5 Å². The first-order chi connectivity index (χ1) is 11.0. The molecule has 0 fully saturated rings. The van der Waals surface area contributed by atoms with Gasteiger partial charge in [0.1, 0.15) is 0 Å². The number of benzene rings is 1. The molecule has 0 bridgehead atoms. The van der Waals surface area contributed by atoms with Gasteiger partial charge in [0.25, 0.3) is 0 Å². The van der Waals surface area contributed by atoms with Crippen molar-refractivity contribution < 1.29 is 26.4 Å². The number of carbonyl (C=O) groups is 1. The summed E-state index contributed by atoms with van der Waals surface area (Å²) < 4.78 is 64.3. The van der Waals surface area contributed by atoms with E-state index < -0.39 is 39.1 Å². The lowest BCUT2D eigenvalue weighted by Gasteiger charge is -2.23. The molecule has 0 saturated carbocycles. The number of halogens is 3. The largest absolute Gasteiger partial charge is 0.356 e. The van der Waals surface area contributed by atoms with Crippen molar-refractivity contribution in [2.45, 2.75) is 26.7 Å². The monoisotopic (exact) mass is 366 g/mol. The van der Waals surface area contributed by atoms with E-state index in [4.69, 9.17) is 0 Å². The quantitative estimate of drug-likeness (QED) is 0.719. The summed E-state index contributed by atoms with van der Waals surface area (Å²) in [5.74, 6) is -4.80. The number of hydrogen-bond acceptors (Lipinski definition) is 3. The summed E-state index contributed by atoms with van der Waals surface area (Å²) in [4.78, 5) is 11.7. The van der Waals surface area contributed by atoms with Crippen LogP contribution in [0.5, 0.6) is 0 Å². The van der Waals surface area contributed by atoms with Gasteiger partial charge < -0.3 is 5.32 Å². The molecule has 9 heteroatoms. The molecular formula is C15H21F3N2O3S. The number of sulfonamides is 1. The molecule has 0 heterocycles. The molecule has 1 aromatic carbocycles. The molecule has 1 amide bonds. The molecule has 5 nitrogen and oxygen atoms in total. The first kappa shape index (κ1) is 20.3. The highest BCUT2D eigenvalue weighted by Gasteiger charge is 2.25. The predicted molar refractivity (Wildman–Crippen MR) is 85.6 cm³/mol. The second kappa shape index (κ2) is 8.36. The van der Waals surface area contributed by atoms with Crippen LogP contribution < -0.4 is 9.62 Å². The molecular weight excluding hydrogens is 345 g/mol. The summed E-state index contributed by atoms with van der Waals surface area (Å²) in [7, 11) is -3.98. The van der Waals surface area contributed by atoms with Gasteiger partial charge in [-0.15, -0.1) is 0 Å². The van der Waals surface area contributed by atoms with Crippen LogP contribution in [0.2, 0.25) is 0 Å². The third-order valence-corrected chi connectivity index (χ3v) is 4.45. The van der Waals surface area contributed by atoms with Crippen molar-refractivity contribution in [3.8, 4) is 0 Å². The number of anilines is 1. The molecule has 0 saturated heterocycles. The van der Waals surface area contributed by atoms with Gasteiger partial charge in [-0.25, -0.2) is 21.6 Å². The number of rotatable bonds is 8. The fourth-order valence-electron chi connectivity index (χ4n) is 1.96. The van der Waals surface area contributed by atoms with E-state index in [-0.39, 0.29) is 13.0 Å². The summed E-state index contributed by atoms with van der Waals surface area (Å²) in [5.41, 5.74) is -0.633. The lowest BCUT2D eigenvalue weighted by Crippen LogP contribution is -2.35. The number of hydrogen-bond donors (Lipinski definition) is 1. The van der Waals surface area contributed by atoms with Crippen LogP contribution in [0.4, 0.5) is 18.9 Å². The van der Waals surface area contributed by atoms with E-state index in [2.05, 4.69) is 5.32 Å². The van der Waals surface area contributed by atoms with Crippen molar-refractivity contribution in [1.29, 1.82) is 0 Å². The Bertz CT molecular complexity index is 693. The van der Waals surface area contributed by atoms with E-state index in [9.17, 15) is 26.4 Å². The average Bonchev–Trinajstić information content (AvgIpc) is 2.45. The third kappa shape index (κ3) is 5.70. The minimum Gasteiger partial charge on any atom is -0.356 e. The van der Waals surface area contributed by atoms with Crippen LogP contribution in [-0.2, 0) is 14.8 Å². The van der Waals surface area contributed by atoms with Crippen LogP contribution in [0.3, 0.4) is 0 Å². The van der Waals surface area contributed by atoms with Crippen molar-refractivity contribution in [1.82, 2.24) is 5.32 Å². The summed E-state index contributed by atoms with van der Waals surface area (Å²) in [6.45, 7) is 4.04. The number of nitrogens with zero attached hydrogens (tertiary/aromatic N) is 1. The van der Waals surface area contributed by atoms with Crippen molar-refractivity contribution in [2.24, 2.45) is 5.92 Å². The van der Waals surface area contributed by atoms with Crippen molar-refractivity contribution in [3.05, 3.63) is 29.6 Å². The lowest BCUT2D eigenvalue weighted by molar-refractivity contribution is -0.120. The molecule has 136 valence electrons. The Morgan fingerprint density at radius 2 is 1.83 bits per heavy atom. The molecule has 1 N–H and O–H groups in total. The minimum atomic E-state index is -3.98. The van der Waals surface area contributed by atoms with Gasteiger partial charge in [0.15, 0.2) is 17.5 Å². The van der Waals surface area contributed by atoms with E-state index >= 15 is 0 Å². The van der Waals surface area contributed by atoms with E-state index in [0.717, 1.165) is 18.7 Å². The van der Waals surface area contributed by atoms with Gasteiger partial charge in [-0.3, -0.25) is 9.10 Å². The zero-order chi connectivity index (χ0) is 18.5. The first-order valence-electron chi connectivity index (χ1n) is 7.42. The highest BCUT2D eigenvalue weighted by atomic mass is 32.2. The lowest BCUT2D eigenvalue weighted by atomic mass is 10.1. The molecule has 0 radical (unpaired) electrons. The maximum atomic E-state index is 13.8. The Kier molecular flexibility index (Phi) is 7.07. The Balaban J connectivity index is 2.86. The Hall–Kier alpha value is -1.77. The van der Waals surface area contributed by atoms with Gasteiger partial charge >= 0.3 is 0 Å². The molecule has 0 unspecified atom stereocenters. The van der Waals surface area contributed by atoms with Crippen molar-refractivity contribution in [2.75, 3.05) is 23.7 Å². The molecule has 1 rings (SSSR count). The van der Waals surface area contributed by atoms with Crippen LogP contribution in [0.1, 0.15) is 26.7 Å². The molecule has 1 aromatic rings. The van der Waals surface area contributed by atoms with Crippen LogP contribution in [0.15, 0.2) is 12.1 Å². The zero-order valence-electron chi connectivity index (χ0n) is 13.8. The van der Waals surface area contributed by atoms with Gasteiger partial charge in [0.05, 0.1) is 11.9 Å². The van der Waals surface area contributed by atoms with Crippen LogP contribution in [-0.4, -0.2) is 33.7 Å². The fraction of sp³-hybridized carbons (Fsp3) is 0.533. The number of nitrogens with one attached hydrogen (secondary N) is 1. The number of amides is 1. The molecule has 24 heavy (non-hydrogen) atoms. The minimum absolute atomic E-state index is 0.233. The maximum absolute atomic E-state index is 13.8. The highest BCUT2D eigenvalue weighted by molar-refractivity contribution is 7.92. The average molecular weight is 366 g/mol. The van der Waals surface area contributed by atoms with E-state index in [0.29, 0.717) is 22.8 Å². The maximum Gasteiger partial charge on any atom is 0.232 e. The van der Waals surface area contributed by atoms with Crippen LogP contribution in [0, 0.1) is 23.4 Å². The fourth-order valence-corrected chi connectivity index (χ4v) is 2.89. The highest BCUT2D eigenvalue weighted by Crippen LogP contribution is 2.25. The van der Waals surface area contributed by atoms with E-state index in [1.165, 1.54) is 0 Å². The van der Waals surface area contributed by atoms with Crippen LogP contribution >= 0.6 is 0 Å². The topological polar surface area (TPSA) is 66.5 Å². The molecule has 0 atom stereocenters. The summed E-state index contributed by atoms with van der Waals surface area (Å²) in [5, 5.41) is 2.62. The Labute approximate surface area is 139 Å². The summed E-state index contributed by atoms with van der Waals surface area (Å²) in [6, 6.07) is 1.46. The van der Waals surface area contributed by atoms with Crippen molar-refractivity contribution >= 4 is 21.6 Å². The number of carbonyl (C=O) groups excluding carboxylic acids is 1. The molecule has 0 aliphatic rings. The van der Waals surface area contributed by atoms with Gasteiger partial charge in [0, 0.05) is 19.5 Å². The SMILES string of the molecule is CC(C)CCNC(=O)CCN(c1ccc(F)c(F)c1F)S(C)(=O)=O. The summed E-state index contributed by atoms with van der Waals surface area (Å²) in [6.07, 6.45) is 1.33. The summed E-state index contributed by atoms with van der Waals surface area (Å²) >= 11 is 0. The molecule has 0 aliphatic heterocycles.